The van der Waals surface area contributed by atoms with Gasteiger partial charge in [-0.2, -0.15) is 0 Å². The molecule has 0 amide bonds. The summed E-state index contributed by atoms with van der Waals surface area (Å²) < 4.78 is 4.98. The Balaban J connectivity index is 1.86. The Morgan fingerprint density at radius 2 is 2.19 bits per heavy atom. The second-order valence-electron chi connectivity index (χ2n) is 5.68. The van der Waals surface area contributed by atoms with E-state index in [1.165, 1.54) is 18.1 Å². The fraction of sp³-hybridized carbons (Fsp3) is 0.500. The van der Waals surface area contributed by atoms with Crippen LogP contribution >= 0.6 is 0 Å². The van der Waals surface area contributed by atoms with Gasteiger partial charge in [-0.15, -0.1) is 0 Å². The molecule has 0 radical (unpaired) electrons. The topological polar surface area (TPSA) is 58.2 Å². The van der Waals surface area contributed by atoms with Crippen LogP contribution in [-0.2, 0) is 28.8 Å². The summed E-state index contributed by atoms with van der Waals surface area (Å²) in [6, 6.07) is 4.33. The number of nitrogens with zero attached hydrogens (tertiary/aromatic N) is 2. The number of aromatic nitrogens is 2. The zero-order valence-electron chi connectivity index (χ0n) is 12.6. The Bertz CT molecular complexity index is 663. The van der Waals surface area contributed by atoms with Gasteiger partial charge in [-0.05, 0) is 37.1 Å². The van der Waals surface area contributed by atoms with Crippen molar-refractivity contribution in [2.24, 2.45) is 0 Å². The van der Waals surface area contributed by atoms with Gasteiger partial charge in [0.1, 0.15) is 5.82 Å². The average molecular weight is 287 g/mol. The molecule has 0 unspecified atom stereocenters. The van der Waals surface area contributed by atoms with Crippen LogP contribution in [0.1, 0.15) is 23.9 Å². The van der Waals surface area contributed by atoms with Crippen LogP contribution < -0.4 is 0 Å². The number of imidazole rings is 1. The Kier molecular flexibility index (Phi) is 3.92. The van der Waals surface area contributed by atoms with Crippen LogP contribution in [0.2, 0.25) is 0 Å². The fourth-order valence-corrected chi connectivity index (χ4v) is 2.87. The lowest BCUT2D eigenvalue weighted by atomic mass is 10.0. The summed E-state index contributed by atoms with van der Waals surface area (Å²) in [6.45, 7) is 3.97. The first kappa shape index (κ1) is 14.1. The summed E-state index contributed by atoms with van der Waals surface area (Å²) in [5, 5.41) is 0. The van der Waals surface area contributed by atoms with Gasteiger partial charge >= 0.3 is 5.97 Å². The predicted molar refractivity (Wildman–Crippen MR) is 81.3 cm³/mol. The summed E-state index contributed by atoms with van der Waals surface area (Å²) >= 11 is 0. The third-order valence-corrected chi connectivity index (χ3v) is 4.06. The first-order valence-corrected chi connectivity index (χ1v) is 7.45. The van der Waals surface area contributed by atoms with E-state index in [0.29, 0.717) is 13.0 Å². The lowest BCUT2D eigenvalue weighted by Crippen LogP contribution is -2.20. The highest BCUT2D eigenvalue weighted by Crippen LogP contribution is 2.24. The molecule has 0 saturated carbocycles. The minimum Gasteiger partial charge on any atom is -0.465 e. The number of hydrogen-bond donors (Lipinski definition) is 1. The number of H-pyrrole nitrogens is 1. The molecule has 0 saturated heterocycles. The Labute approximate surface area is 124 Å². The molecule has 21 heavy (non-hydrogen) atoms. The maximum Gasteiger partial charge on any atom is 0.302 e. The molecule has 1 aromatic carbocycles. The van der Waals surface area contributed by atoms with Gasteiger partial charge in [0.05, 0.1) is 17.6 Å². The molecule has 0 aliphatic carbocycles. The van der Waals surface area contributed by atoms with E-state index in [1.54, 1.807) is 0 Å². The molecule has 1 aliphatic heterocycles. The molecule has 112 valence electrons. The van der Waals surface area contributed by atoms with Gasteiger partial charge in [0.25, 0.3) is 0 Å². The first-order valence-electron chi connectivity index (χ1n) is 7.45. The second kappa shape index (κ2) is 5.85. The summed E-state index contributed by atoms with van der Waals surface area (Å²) in [6.07, 6.45) is 2.75. The number of benzene rings is 1. The van der Waals surface area contributed by atoms with Crippen LogP contribution in [0, 0.1) is 0 Å². The van der Waals surface area contributed by atoms with Crippen LogP contribution in [0.25, 0.3) is 11.0 Å². The van der Waals surface area contributed by atoms with Crippen LogP contribution in [0.15, 0.2) is 12.1 Å². The number of aromatic amines is 1. The smallest absolute Gasteiger partial charge is 0.302 e. The molecule has 0 spiro atoms. The molecule has 0 fully saturated rings. The first-order chi connectivity index (χ1) is 10.1. The molecule has 1 N–H and O–H groups in total. The monoisotopic (exact) mass is 287 g/mol. The van der Waals surface area contributed by atoms with Crippen LogP contribution in [0.5, 0.6) is 0 Å². The molecular weight excluding hydrogens is 266 g/mol. The molecule has 2 aromatic rings. The number of likely N-dealkylation sites (N-methyl/N-ethyl adjacent to an activating group) is 1. The number of carbonyl (C=O) groups excluding carboxylic acids is 1. The van der Waals surface area contributed by atoms with Crippen molar-refractivity contribution in [3.63, 3.8) is 0 Å². The van der Waals surface area contributed by atoms with Crippen molar-refractivity contribution >= 4 is 17.0 Å². The van der Waals surface area contributed by atoms with Crippen molar-refractivity contribution in [1.82, 2.24) is 14.9 Å². The van der Waals surface area contributed by atoms with Gasteiger partial charge in [-0.3, -0.25) is 4.79 Å². The van der Waals surface area contributed by atoms with Crippen molar-refractivity contribution in [1.29, 1.82) is 0 Å². The van der Waals surface area contributed by atoms with Gasteiger partial charge < -0.3 is 14.6 Å². The largest absolute Gasteiger partial charge is 0.465 e. The number of ether oxygens (including phenoxy) is 1. The zero-order chi connectivity index (χ0) is 14.8. The second-order valence-corrected chi connectivity index (χ2v) is 5.68. The highest BCUT2D eigenvalue weighted by molar-refractivity contribution is 5.80. The van der Waals surface area contributed by atoms with E-state index in [2.05, 4.69) is 29.1 Å². The number of esters is 1. The quantitative estimate of drug-likeness (QED) is 0.873. The molecule has 2 heterocycles. The van der Waals surface area contributed by atoms with E-state index in [9.17, 15) is 4.79 Å². The summed E-state index contributed by atoms with van der Waals surface area (Å²) in [5.74, 6) is 0.639. The maximum absolute atomic E-state index is 10.8. The van der Waals surface area contributed by atoms with E-state index in [4.69, 9.17) is 9.72 Å². The maximum atomic E-state index is 10.8. The third kappa shape index (κ3) is 3.08. The lowest BCUT2D eigenvalue weighted by molar-refractivity contribution is -0.140. The van der Waals surface area contributed by atoms with Crippen molar-refractivity contribution in [3.05, 3.63) is 29.1 Å². The van der Waals surface area contributed by atoms with Crippen molar-refractivity contribution in [3.8, 4) is 0 Å². The van der Waals surface area contributed by atoms with Gasteiger partial charge in [-0.1, -0.05) is 6.07 Å². The van der Waals surface area contributed by atoms with Crippen molar-refractivity contribution < 1.29 is 9.53 Å². The van der Waals surface area contributed by atoms with E-state index in [1.807, 2.05) is 0 Å². The third-order valence-electron chi connectivity index (χ3n) is 4.06. The highest BCUT2D eigenvalue weighted by Gasteiger charge is 2.16. The lowest BCUT2D eigenvalue weighted by Gasteiger charge is -2.10. The van der Waals surface area contributed by atoms with Crippen LogP contribution in [0.3, 0.4) is 0 Å². The van der Waals surface area contributed by atoms with Crippen molar-refractivity contribution in [2.45, 2.75) is 26.2 Å². The minimum atomic E-state index is -0.247. The molecule has 0 bridgehead atoms. The molecule has 0 atom stereocenters. The Hall–Kier alpha value is -1.88. The molecule has 1 aromatic heterocycles. The Morgan fingerprint density at radius 1 is 1.38 bits per heavy atom. The molecule has 3 rings (SSSR count). The Morgan fingerprint density at radius 3 is 3.00 bits per heavy atom. The molecule has 1 aliphatic rings. The number of nitrogens with one attached hydrogen (secondary N) is 1. The molecule has 5 nitrogen and oxygen atoms in total. The molecule has 5 heteroatoms. The van der Waals surface area contributed by atoms with Gasteiger partial charge in [-0.25, -0.2) is 4.98 Å². The van der Waals surface area contributed by atoms with E-state index < -0.39 is 0 Å². The number of hydrogen-bond acceptors (Lipinski definition) is 4. The van der Waals surface area contributed by atoms with Crippen LogP contribution in [0.4, 0.5) is 0 Å². The van der Waals surface area contributed by atoms with Gasteiger partial charge in [0, 0.05) is 26.4 Å². The van der Waals surface area contributed by atoms with E-state index >= 15 is 0 Å². The fourth-order valence-electron chi connectivity index (χ4n) is 2.87. The van der Waals surface area contributed by atoms with E-state index in [0.717, 1.165) is 42.8 Å². The SMILES string of the molecule is CC(=O)OCCc1nc2c3c(ccc2[nH]1)CCN(C)CC3. The molecular formula is C16H21N3O2. The normalized spacial score (nSPS) is 15.7. The summed E-state index contributed by atoms with van der Waals surface area (Å²) in [7, 11) is 2.16. The van der Waals surface area contributed by atoms with Crippen LogP contribution in [-0.4, -0.2) is 47.6 Å². The minimum absolute atomic E-state index is 0.247. The summed E-state index contributed by atoms with van der Waals surface area (Å²) in [5.41, 5.74) is 4.94. The number of rotatable bonds is 3. The summed E-state index contributed by atoms with van der Waals surface area (Å²) in [4.78, 5) is 21.2. The zero-order valence-corrected chi connectivity index (χ0v) is 12.6. The highest BCUT2D eigenvalue weighted by atomic mass is 16.5. The average Bonchev–Trinajstić information content (AvgIpc) is 2.76. The van der Waals surface area contributed by atoms with Gasteiger partial charge in [0.15, 0.2) is 0 Å². The van der Waals surface area contributed by atoms with Gasteiger partial charge in [0.2, 0.25) is 0 Å². The number of carbonyl (C=O) groups is 1. The standard InChI is InChI=1S/C16H21N3O2/c1-11(20)21-10-7-15-17-14-4-3-12-5-8-19(2)9-6-13(12)16(14)18-15/h3-4H,5-10H2,1-2H3,(H,17,18). The van der Waals surface area contributed by atoms with E-state index in [-0.39, 0.29) is 5.97 Å². The number of fused-ring (bicyclic) bond motifs is 3. The van der Waals surface area contributed by atoms with Crippen molar-refractivity contribution in [2.75, 3.05) is 26.7 Å². The predicted octanol–water partition coefficient (Wildman–Crippen LogP) is 1.70.